The van der Waals surface area contributed by atoms with Gasteiger partial charge in [-0.25, -0.2) is 4.79 Å². The van der Waals surface area contributed by atoms with Crippen molar-refractivity contribution in [3.05, 3.63) is 123 Å². The number of aliphatic imine (C=N–C) groups is 1. The quantitative estimate of drug-likeness (QED) is 0.0524. The van der Waals surface area contributed by atoms with E-state index in [1.165, 1.54) is 35.7 Å². The average Bonchev–Trinajstić information content (AvgIpc) is 3.08. The monoisotopic (exact) mass is 641 g/mol. The lowest BCUT2D eigenvalue weighted by Crippen LogP contribution is -2.72. The molecular formula is C35H35N3O7S. The fourth-order valence-electron chi connectivity index (χ4n) is 5.64. The highest BCUT2D eigenvalue weighted by molar-refractivity contribution is 8.00. The van der Waals surface area contributed by atoms with Crippen molar-refractivity contribution in [2.45, 2.75) is 56.5 Å². The van der Waals surface area contributed by atoms with Crippen molar-refractivity contribution in [1.82, 2.24) is 4.90 Å². The first-order valence-electron chi connectivity index (χ1n) is 15.2. The zero-order valence-corrected chi connectivity index (χ0v) is 26.5. The molecule has 0 aromatic heterocycles. The summed E-state index contributed by atoms with van der Waals surface area (Å²) in [5, 5.41) is 10.6. The molecule has 1 saturated heterocycles. The van der Waals surface area contributed by atoms with Crippen molar-refractivity contribution in [3.63, 3.8) is 0 Å². The van der Waals surface area contributed by atoms with Crippen LogP contribution in [0.2, 0.25) is 0 Å². The third-order valence-electron chi connectivity index (χ3n) is 8.01. The molecule has 238 valence electrons. The van der Waals surface area contributed by atoms with Crippen LogP contribution in [-0.2, 0) is 23.9 Å². The number of esters is 2. The van der Waals surface area contributed by atoms with Crippen LogP contribution in [0.3, 0.4) is 0 Å². The number of unbranched alkanes of at least 4 members (excludes halogenated alkanes) is 2. The van der Waals surface area contributed by atoms with E-state index in [1.54, 1.807) is 18.3 Å². The molecule has 1 amide bonds. The molecule has 2 atom stereocenters. The number of rotatable bonds is 13. The number of nitro groups is 1. The zero-order chi connectivity index (χ0) is 32.7. The molecule has 2 aliphatic heterocycles. The molecule has 46 heavy (non-hydrogen) atoms. The minimum atomic E-state index is -1.14. The summed E-state index contributed by atoms with van der Waals surface area (Å²) in [5.41, 5.74) is 1.52. The second kappa shape index (κ2) is 14.6. The number of nitro benzene ring substituents is 1. The molecule has 2 heterocycles. The molecule has 0 N–H and O–H groups in total. The standard InChI is InChI=1S/C35H35N3O7S/c1-3-4-11-20-35(36-21-25-16-18-29(19-17-25)38(42)43)33(41)37-30(28(22-44-24(2)39)23-46-34(35)37)32(40)45-31(26-12-7-5-8-13-26)27-14-9-6-10-15-27/h5-10,12-19,21,31,34H,3-4,11,20,22-23H2,1-2H3/t34-,35+/m1/s1. The molecule has 1 fully saturated rings. The van der Waals surface area contributed by atoms with E-state index >= 15 is 0 Å². The summed E-state index contributed by atoms with van der Waals surface area (Å²) in [6.07, 6.45) is 3.90. The number of carbonyl (C=O) groups excluding carboxylic acids is 3. The van der Waals surface area contributed by atoms with Gasteiger partial charge in [-0.1, -0.05) is 86.8 Å². The number of hydrogen-bond donors (Lipinski definition) is 0. The average molecular weight is 642 g/mol. The van der Waals surface area contributed by atoms with Crippen LogP contribution in [0, 0.1) is 10.1 Å². The highest BCUT2D eigenvalue weighted by atomic mass is 32.2. The fourth-order valence-corrected chi connectivity index (χ4v) is 7.12. The Kier molecular flexibility index (Phi) is 10.3. The van der Waals surface area contributed by atoms with Crippen molar-refractivity contribution in [2.24, 2.45) is 4.99 Å². The molecular weight excluding hydrogens is 606 g/mol. The molecule has 2 aliphatic rings. The van der Waals surface area contributed by atoms with Crippen molar-refractivity contribution < 1.29 is 28.8 Å². The molecule has 0 bridgehead atoms. The van der Waals surface area contributed by atoms with E-state index in [2.05, 4.69) is 6.92 Å². The summed E-state index contributed by atoms with van der Waals surface area (Å²) in [7, 11) is 0. The maximum Gasteiger partial charge on any atom is 0.356 e. The molecule has 0 spiro atoms. The van der Waals surface area contributed by atoms with E-state index in [9.17, 15) is 24.5 Å². The van der Waals surface area contributed by atoms with Crippen LogP contribution in [0.15, 0.2) is 101 Å². The van der Waals surface area contributed by atoms with E-state index < -0.39 is 33.9 Å². The molecule has 0 unspecified atom stereocenters. The normalized spacial score (nSPS) is 19.2. The van der Waals surface area contributed by atoms with Gasteiger partial charge in [0, 0.05) is 36.6 Å². The van der Waals surface area contributed by atoms with Crippen molar-refractivity contribution in [1.29, 1.82) is 0 Å². The van der Waals surface area contributed by atoms with E-state index in [1.807, 2.05) is 60.7 Å². The largest absolute Gasteiger partial charge is 0.461 e. The number of ether oxygens (including phenoxy) is 2. The van der Waals surface area contributed by atoms with Crippen LogP contribution in [-0.4, -0.2) is 57.2 Å². The van der Waals surface area contributed by atoms with Crippen molar-refractivity contribution in [3.8, 4) is 0 Å². The van der Waals surface area contributed by atoms with Gasteiger partial charge in [0.05, 0.1) is 4.92 Å². The Morgan fingerprint density at radius 3 is 2.24 bits per heavy atom. The van der Waals surface area contributed by atoms with Crippen molar-refractivity contribution >= 4 is 41.5 Å². The highest BCUT2D eigenvalue weighted by Gasteiger charge is 2.64. The van der Waals surface area contributed by atoms with E-state index in [-0.39, 0.29) is 23.9 Å². The van der Waals surface area contributed by atoms with E-state index in [0.29, 0.717) is 23.3 Å². The van der Waals surface area contributed by atoms with Crippen molar-refractivity contribution in [2.75, 3.05) is 12.4 Å². The number of benzene rings is 3. The Morgan fingerprint density at radius 1 is 1.04 bits per heavy atom. The Balaban J connectivity index is 1.50. The summed E-state index contributed by atoms with van der Waals surface area (Å²) in [5.74, 6) is -1.21. The van der Waals surface area contributed by atoms with Gasteiger partial charge < -0.3 is 9.47 Å². The number of hydrogen-bond acceptors (Lipinski definition) is 9. The van der Waals surface area contributed by atoms with Gasteiger partial charge in [-0.2, -0.15) is 0 Å². The number of non-ortho nitro benzene ring substituents is 1. The van der Waals surface area contributed by atoms with Gasteiger partial charge in [-0.15, -0.1) is 11.8 Å². The van der Waals surface area contributed by atoms with Crippen LogP contribution >= 0.6 is 11.8 Å². The first kappa shape index (κ1) is 32.6. The minimum Gasteiger partial charge on any atom is -0.461 e. The summed E-state index contributed by atoms with van der Waals surface area (Å²) in [6, 6.07) is 24.7. The molecule has 3 aromatic carbocycles. The van der Waals surface area contributed by atoms with Crippen LogP contribution in [0.25, 0.3) is 0 Å². The van der Waals surface area contributed by atoms with Gasteiger partial charge in [0.2, 0.25) is 0 Å². The Labute approximate surface area is 271 Å². The molecule has 11 heteroatoms. The van der Waals surface area contributed by atoms with Gasteiger partial charge >= 0.3 is 11.9 Å². The van der Waals surface area contributed by atoms with Crippen LogP contribution < -0.4 is 0 Å². The van der Waals surface area contributed by atoms with Gasteiger partial charge in [0.15, 0.2) is 11.6 Å². The molecule has 0 aliphatic carbocycles. The topological polar surface area (TPSA) is 128 Å². The van der Waals surface area contributed by atoms with Gasteiger partial charge in [0.25, 0.3) is 11.6 Å². The summed E-state index contributed by atoms with van der Waals surface area (Å²) in [4.78, 5) is 57.1. The number of fused-ring (bicyclic) bond motifs is 1. The summed E-state index contributed by atoms with van der Waals surface area (Å²) < 4.78 is 11.5. The lowest BCUT2D eigenvalue weighted by atomic mass is 9.82. The number of amides is 1. The van der Waals surface area contributed by atoms with Crippen LogP contribution in [0.5, 0.6) is 0 Å². The maximum atomic E-state index is 14.3. The summed E-state index contributed by atoms with van der Waals surface area (Å²) in [6.45, 7) is 3.21. The smallest absolute Gasteiger partial charge is 0.356 e. The van der Waals surface area contributed by atoms with Crippen LogP contribution in [0.1, 0.15) is 62.3 Å². The third kappa shape index (κ3) is 6.89. The Hall–Kier alpha value is -4.77. The molecule has 10 nitrogen and oxygen atoms in total. The second-order valence-electron chi connectivity index (χ2n) is 11.2. The number of thioether (sulfide) groups is 1. The molecule has 0 radical (unpaired) electrons. The van der Waals surface area contributed by atoms with Gasteiger partial charge in [-0.3, -0.25) is 29.6 Å². The first-order valence-corrected chi connectivity index (χ1v) is 16.2. The second-order valence-corrected chi connectivity index (χ2v) is 12.2. The van der Waals surface area contributed by atoms with Gasteiger partial charge in [-0.05, 0) is 35.2 Å². The molecule has 5 rings (SSSR count). The predicted molar refractivity (Wildman–Crippen MR) is 175 cm³/mol. The number of β-lactam (4-membered cyclic amide) rings is 1. The first-order chi connectivity index (χ1) is 22.2. The lowest BCUT2D eigenvalue weighted by molar-refractivity contribution is -0.384. The Bertz CT molecular complexity index is 1600. The maximum absolute atomic E-state index is 14.3. The van der Waals surface area contributed by atoms with E-state index in [4.69, 9.17) is 14.5 Å². The predicted octanol–water partition coefficient (Wildman–Crippen LogP) is 6.40. The van der Waals surface area contributed by atoms with Crippen LogP contribution in [0.4, 0.5) is 5.69 Å². The fraction of sp³-hybridized carbons (Fsp3) is 0.314. The Morgan fingerprint density at radius 2 is 1.67 bits per heavy atom. The molecule has 0 saturated carbocycles. The van der Waals surface area contributed by atoms with E-state index in [0.717, 1.165) is 30.4 Å². The number of nitrogens with zero attached hydrogens (tertiary/aromatic N) is 3. The summed E-state index contributed by atoms with van der Waals surface area (Å²) >= 11 is 1.46. The zero-order valence-electron chi connectivity index (χ0n) is 25.7. The SMILES string of the molecule is CCCCC[C@]1(N=Cc2ccc([N+](=O)[O-])cc2)C(=O)N2C(C(=O)OC(c3ccccc3)c3ccccc3)=C(COC(C)=O)CS[C@@H]21. The third-order valence-corrected chi connectivity index (χ3v) is 9.44. The highest BCUT2D eigenvalue weighted by Crippen LogP contribution is 2.51. The minimum absolute atomic E-state index is 0.0403. The van der Waals surface area contributed by atoms with Gasteiger partial charge in [0.1, 0.15) is 17.7 Å². The molecule has 3 aromatic rings. The lowest BCUT2D eigenvalue weighted by Gasteiger charge is -2.55. The number of carbonyl (C=O) groups is 3.